The molecular weight excluding hydrogens is 354 g/mol. The molecule has 0 bridgehead atoms. The SMILES string of the molecule is O=C(COc1ccccc1)Nc1nc(-c2ccc3oc(=O)[nH]c3c2)cs1. The van der Waals surface area contributed by atoms with E-state index in [1.54, 1.807) is 30.3 Å². The molecule has 130 valence electrons. The van der Waals surface area contributed by atoms with Gasteiger partial charge in [-0.1, -0.05) is 18.2 Å². The van der Waals surface area contributed by atoms with Gasteiger partial charge >= 0.3 is 5.76 Å². The number of para-hydroxylation sites is 1. The molecule has 2 aromatic heterocycles. The van der Waals surface area contributed by atoms with Crippen molar-refractivity contribution in [1.29, 1.82) is 0 Å². The van der Waals surface area contributed by atoms with E-state index in [9.17, 15) is 9.59 Å². The molecule has 0 atom stereocenters. The Morgan fingerprint density at radius 3 is 2.92 bits per heavy atom. The van der Waals surface area contributed by atoms with Gasteiger partial charge in [0.05, 0.1) is 11.2 Å². The predicted molar refractivity (Wildman–Crippen MR) is 98.5 cm³/mol. The minimum atomic E-state index is -0.498. The summed E-state index contributed by atoms with van der Waals surface area (Å²) < 4.78 is 10.4. The number of carbonyl (C=O) groups excluding carboxylic acids is 1. The maximum absolute atomic E-state index is 12.0. The number of H-pyrrole nitrogens is 1. The second-order valence-electron chi connectivity index (χ2n) is 5.41. The first-order chi connectivity index (χ1) is 12.7. The summed E-state index contributed by atoms with van der Waals surface area (Å²) in [5.41, 5.74) is 2.59. The van der Waals surface area contributed by atoms with Gasteiger partial charge in [0.25, 0.3) is 5.91 Å². The standard InChI is InChI=1S/C18H13N3O4S/c22-16(9-24-12-4-2-1-3-5-12)21-17-19-14(10-26-17)11-6-7-15-13(8-11)20-18(23)25-15/h1-8,10H,9H2,(H,20,23)(H,19,21,22). The van der Waals surface area contributed by atoms with Crippen LogP contribution in [-0.2, 0) is 4.79 Å². The average molecular weight is 367 g/mol. The van der Waals surface area contributed by atoms with Crippen LogP contribution in [-0.4, -0.2) is 22.5 Å². The highest BCUT2D eigenvalue weighted by Crippen LogP contribution is 2.27. The van der Waals surface area contributed by atoms with Crippen LogP contribution in [0.4, 0.5) is 5.13 Å². The van der Waals surface area contributed by atoms with Crippen molar-refractivity contribution in [1.82, 2.24) is 9.97 Å². The molecule has 0 aliphatic heterocycles. The third-order valence-corrected chi connectivity index (χ3v) is 4.34. The zero-order valence-corrected chi connectivity index (χ0v) is 14.2. The molecule has 0 aliphatic carbocycles. The van der Waals surface area contributed by atoms with E-state index in [1.807, 2.05) is 23.6 Å². The van der Waals surface area contributed by atoms with Gasteiger partial charge in [-0.3, -0.25) is 15.1 Å². The Kier molecular flexibility index (Phi) is 4.24. The smallest absolute Gasteiger partial charge is 0.417 e. The Balaban J connectivity index is 1.43. The van der Waals surface area contributed by atoms with Crippen molar-refractivity contribution in [2.75, 3.05) is 11.9 Å². The van der Waals surface area contributed by atoms with Crippen LogP contribution in [0.2, 0.25) is 0 Å². The summed E-state index contributed by atoms with van der Waals surface area (Å²) in [6.45, 7) is -0.0961. The first kappa shape index (κ1) is 16.1. The van der Waals surface area contributed by atoms with Crippen LogP contribution >= 0.6 is 11.3 Å². The van der Waals surface area contributed by atoms with Crippen LogP contribution in [0.5, 0.6) is 5.75 Å². The van der Waals surface area contributed by atoms with Gasteiger partial charge in [-0.15, -0.1) is 11.3 Å². The van der Waals surface area contributed by atoms with E-state index in [2.05, 4.69) is 15.3 Å². The number of aromatic nitrogens is 2. The molecule has 8 heteroatoms. The minimum Gasteiger partial charge on any atom is -0.484 e. The monoisotopic (exact) mass is 367 g/mol. The molecule has 0 aliphatic rings. The van der Waals surface area contributed by atoms with Gasteiger partial charge in [0.15, 0.2) is 17.3 Å². The second-order valence-corrected chi connectivity index (χ2v) is 6.27. The Morgan fingerprint density at radius 2 is 2.08 bits per heavy atom. The quantitative estimate of drug-likeness (QED) is 0.564. The molecule has 0 fully saturated rings. The number of ether oxygens (including phenoxy) is 1. The number of rotatable bonds is 5. The second kappa shape index (κ2) is 6.85. The molecule has 2 heterocycles. The third-order valence-electron chi connectivity index (χ3n) is 3.58. The number of anilines is 1. The largest absolute Gasteiger partial charge is 0.484 e. The van der Waals surface area contributed by atoms with Crippen LogP contribution in [0.3, 0.4) is 0 Å². The Hall–Kier alpha value is -3.39. The van der Waals surface area contributed by atoms with Crippen molar-refractivity contribution >= 4 is 33.5 Å². The summed E-state index contributed by atoms with van der Waals surface area (Å²) in [5, 5.41) is 5.01. The number of amides is 1. The molecule has 2 N–H and O–H groups in total. The van der Waals surface area contributed by atoms with E-state index in [1.165, 1.54) is 11.3 Å². The summed E-state index contributed by atoms with van der Waals surface area (Å²) in [6.07, 6.45) is 0. The van der Waals surface area contributed by atoms with E-state index in [-0.39, 0.29) is 12.5 Å². The summed E-state index contributed by atoms with van der Waals surface area (Å²) in [7, 11) is 0. The lowest BCUT2D eigenvalue weighted by atomic mass is 10.1. The molecule has 4 rings (SSSR count). The number of thiazole rings is 1. The normalized spacial score (nSPS) is 10.8. The molecule has 0 saturated carbocycles. The van der Waals surface area contributed by atoms with Crippen LogP contribution in [0, 0.1) is 0 Å². The van der Waals surface area contributed by atoms with Crippen molar-refractivity contribution in [3.63, 3.8) is 0 Å². The average Bonchev–Trinajstić information content (AvgIpc) is 3.25. The fraction of sp³-hybridized carbons (Fsp3) is 0.0556. The number of carbonyl (C=O) groups is 1. The lowest BCUT2D eigenvalue weighted by Crippen LogP contribution is -2.19. The summed E-state index contributed by atoms with van der Waals surface area (Å²) in [4.78, 5) is 30.2. The molecular formula is C18H13N3O4S. The first-order valence-electron chi connectivity index (χ1n) is 7.74. The Morgan fingerprint density at radius 1 is 1.23 bits per heavy atom. The number of nitrogens with zero attached hydrogens (tertiary/aromatic N) is 1. The van der Waals surface area contributed by atoms with Crippen molar-refractivity contribution < 1.29 is 13.9 Å². The number of fused-ring (bicyclic) bond motifs is 1. The highest BCUT2D eigenvalue weighted by atomic mass is 32.1. The van der Waals surface area contributed by atoms with E-state index >= 15 is 0 Å². The molecule has 7 nitrogen and oxygen atoms in total. The maximum Gasteiger partial charge on any atom is 0.417 e. The highest BCUT2D eigenvalue weighted by Gasteiger charge is 2.10. The predicted octanol–water partition coefficient (Wildman–Crippen LogP) is 3.26. The number of hydrogen-bond donors (Lipinski definition) is 2. The number of aromatic amines is 1. The number of nitrogens with one attached hydrogen (secondary N) is 2. The minimum absolute atomic E-state index is 0.0961. The fourth-order valence-corrected chi connectivity index (χ4v) is 3.13. The van der Waals surface area contributed by atoms with E-state index < -0.39 is 5.76 Å². The molecule has 0 radical (unpaired) electrons. The topological polar surface area (TPSA) is 97.2 Å². The number of hydrogen-bond acceptors (Lipinski definition) is 6. The molecule has 2 aromatic carbocycles. The van der Waals surface area contributed by atoms with Crippen LogP contribution in [0.1, 0.15) is 0 Å². The van der Waals surface area contributed by atoms with Gasteiger partial charge in [0.2, 0.25) is 0 Å². The lowest BCUT2D eigenvalue weighted by molar-refractivity contribution is -0.118. The Bertz CT molecular complexity index is 1110. The number of benzene rings is 2. The van der Waals surface area contributed by atoms with Crippen molar-refractivity contribution in [2.45, 2.75) is 0 Å². The van der Waals surface area contributed by atoms with Gasteiger partial charge in [-0.2, -0.15) is 0 Å². The molecule has 0 unspecified atom stereocenters. The molecule has 0 saturated heterocycles. The van der Waals surface area contributed by atoms with Gasteiger partial charge in [0.1, 0.15) is 5.75 Å². The zero-order valence-electron chi connectivity index (χ0n) is 13.4. The first-order valence-corrected chi connectivity index (χ1v) is 8.62. The zero-order chi connectivity index (χ0) is 17.9. The molecule has 26 heavy (non-hydrogen) atoms. The molecule has 1 amide bonds. The van der Waals surface area contributed by atoms with E-state index in [4.69, 9.17) is 9.15 Å². The van der Waals surface area contributed by atoms with Gasteiger partial charge in [-0.25, -0.2) is 9.78 Å². The van der Waals surface area contributed by atoms with Gasteiger partial charge in [0, 0.05) is 10.9 Å². The third kappa shape index (κ3) is 3.50. The van der Waals surface area contributed by atoms with Crippen molar-refractivity contribution in [2.24, 2.45) is 0 Å². The lowest BCUT2D eigenvalue weighted by Gasteiger charge is -2.05. The molecule has 0 spiro atoms. The van der Waals surface area contributed by atoms with E-state index in [0.29, 0.717) is 27.7 Å². The fourth-order valence-electron chi connectivity index (χ4n) is 2.40. The van der Waals surface area contributed by atoms with Crippen LogP contribution in [0.15, 0.2) is 63.1 Å². The highest BCUT2D eigenvalue weighted by molar-refractivity contribution is 7.14. The molecule has 4 aromatic rings. The Labute approximate surface area is 151 Å². The van der Waals surface area contributed by atoms with Gasteiger partial charge in [-0.05, 0) is 30.3 Å². The summed E-state index contributed by atoms with van der Waals surface area (Å²) >= 11 is 1.31. The maximum atomic E-state index is 12.0. The van der Waals surface area contributed by atoms with Crippen LogP contribution < -0.4 is 15.8 Å². The summed E-state index contributed by atoms with van der Waals surface area (Å²) in [6, 6.07) is 14.4. The van der Waals surface area contributed by atoms with Crippen LogP contribution in [0.25, 0.3) is 22.4 Å². The van der Waals surface area contributed by atoms with Crippen molar-refractivity contribution in [3.05, 3.63) is 64.5 Å². The van der Waals surface area contributed by atoms with Gasteiger partial charge < -0.3 is 9.15 Å². The van der Waals surface area contributed by atoms with E-state index in [0.717, 1.165) is 5.56 Å². The summed E-state index contributed by atoms with van der Waals surface area (Å²) in [5.74, 6) is -0.156. The number of oxazole rings is 1. The van der Waals surface area contributed by atoms with Crippen molar-refractivity contribution in [3.8, 4) is 17.0 Å².